The maximum Gasteiger partial charge on any atom is 0.220 e. The number of pyridine rings is 1. The summed E-state index contributed by atoms with van der Waals surface area (Å²) in [7, 11) is 0. The Morgan fingerprint density at radius 2 is 1.92 bits per heavy atom. The summed E-state index contributed by atoms with van der Waals surface area (Å²) in [4.78, 5) is 19.1. The zero-order valence-electron chi connectivity index (χ0n) is 15.7. The van der Waals surface area contributed by atoms with E-state index in [4.69, 9.17) is 0 Å². The average Bonchev–Trinajstić information content (AvgIpc) is 2.95. The normalized spacial score (nSPS) is 18.7. The number of hydrogen-bond donors (Lipinski definition) is 2. The van der Waals surface area contributed by atoms with Crippen molar-refractivity contribution in [3.05, 3.63) is 23.9 Å². The predicted molar refractivity (Wildman–Crippen MR) is 109 cm³/mol. The molecule has 2 fully saturated rings. The molecule has 2 N–H and O–H groups in total. The number of carbonyl (C=O) groups excluding carboxylic acids is 1. The van der Waals surface area contributed by atoms with Crippen LogP contribution in [0.25, 0.3) is 0 Å². The molecule has 26 heavy (non-hydrogen) atoms. The SMILES string of the molecule is Cl.O=C(CCC1CCNCC1)NCc1ccnc(N2CCCCCC2)c1. The number of anilines is 1. The van der Waals surface area contributed by atoms with Crippen LogP contribution in [0.1, 0.15) is 56.9 Å². The van der Waals surface area contributed by atoms with Gasteiger partial charge in [-0.05, 0) is 68.8 Å². The molecule has 1 aromatic rings. The van der Waals surface area contributed by atoms with Gasteiger partial charge in [0.05, 0.1) is 0 Å². The van der Waals surface area contributed by atoms with Crippen LogP contribution in [0, 0.1) is 5.92 Å². The lowest BCUT2D eigenvalue weighted by Gasteiger charge is -2.22. The zero-order valence-corrected chi connectivity index (χ0v) is 16.5. The molecule has 1 amide bonds. The predicted octanol–water partition coefficient (Wildman–Crippen LogP) is 3.28. The van der Waals surface area contributed by atoms with Gasteiger partial charge in [0.15, 0.2) is 0 Å². The molecular weight excluding hydrogens is 348 g/mol. The average molecular weight is 381 g/mol. The van der Waals surface area contributed by atoms with Gasteiger partial charge in [0, 0.05) is 32.3 Å². The number of rotatable bonds is 6. The highest BCUT2D eigenvalue weighted by atomic mass is 35.5. The molecule has 0 aromatic carbocycles. The Morgan fingerprint density at radius 3 is 2.65 bits per heavy atom. The van der Waals surface area contributed by atoms with E-state index in [-0.39, 0.29) is 18.3 Å². The van der Waals surface area contributed by atoms with E-state index in [1.807, 2.05) is 12.3 Å². The van der Waals surface area contributed by atoms with Crippen molar-refractivity contribution in [2.45, 2.75) is 57.9 Å². The van der Waals surface area contributed by atoms with Crippen LogP contribution in [0.3, 0.4) is 0 Å². The van der Waals surface area contributed by atoms with Crippen LogP contribution in [0.2, 0.25) is 0 Å². The van der Waals surface area contributed by atoms with Gasteiger partial charge in [-0.15, -0.1) is 12.4 Å². The molecule has 0 spiro atoms. The number of nitrogens with zero attached hydrogens (tertiary/aromatic N) is 2. The molecule has 5 nitrogen and oxygen atoms in total. The monoisotopic (exact) mass is 380 g/mol. The van der Waals surface area contributed by atoms with Gasteiger partial charge in [-0.2, -0.15) is 0 Å². The number of piperidine rings is 1. The zero-order chi connectivity index (χ0) is 17.3. The van der Waals surface area contributed by atoms with Gasteiger partial charge in [-0.1, -0.05) is 12.8 Å². The molecule has 0 radical (unpaired) electrons. The Kier molecular flexibility index (Phi) is 9.19. The van der Waals surface area contributed by atoms with Crippen LogP contribution < -0.4 is 15.5 Å². The summed E-state index contributed by atoms with van der Waals surface area (Å²) in [6.07, 6.45) is 11.1. The van der Waals surface area contributed by atoms with Gasteiger partial charge < -0.3 is 15.5 Å². The van der Waals surface area contributed by atoms with Gasteiger partial charge in [-0.25, -0.2) is 4.98 Å². The van der Waals surface area contributed by atoms with Crippen molar-refractivity contribution in [1.82, 2.24) is 15.6 Å². The van der Waals surface area contributed by atoms with Crippen LogP contribution >= 0.6 is 12.4 Å². The number of nitrogens with one attached hydrogen (secondary N) is 2. The van der Waals surface area contributed by atoms with Gasteiger partial charge in [-0.3, -0.25) is 4.79 Å². The second-order valence-electron chi connectivity index (χ2n) is 7.43. The first-order valence-electron chi connectivity index (χ1n) is 9.98. The first-order chi connectivity index (χ1) is 12.3. The summed E-state index contributed by atoms with van der Waals surface area (Å²) in [5, 5.41) is 6.45. The van der Waals surface area contributed by atoms with Crippen LogP contribution in [0.15, 0.2) is 18.3 Å². The van der Waals surface area contributed by atoms with Crippen molar-refractivity contribution in [2.75, 3.05) is 31.1 Å². The third-order valence-electron chi connectivity index (χ3n) is 5.47. The highest BCUT2D eigenvalue weighted by molar-refractivity contribution is 5.85. The highest BCUT2D eigenvalue weighted by Gasteiger charge is 2.15. The molecule has 146 valence electrons. The first kappa shape index (κ1) is 21.0. The minimum absolute atomic E-state index is 0. The van der Waals surface area contributed by atoms with Crippen molar-refractivity contribution in [3.63, 3.8) is 0 Å². The number of carbonyl (C=O) groups is 1. The third kappa shape index (κ3) is 6.76. The molecule has 0 atom stereocenters. The van der Waals surface area contributed by atoms with Crippen LogP contribution in [-0.4, -0.2) is 37.1 Å². The van der Waals surface area contributed by atoms with E-state index in [0.717, 1.165) is 44.0 Å². The molecule has 3 heterocycles. The maximum absolute atomic E-state index is 12.1. The lowest BCUT2D eigenvalue weighted by Crippen LogP contribution is -2.29. The maximum atomic E-state index is 12.1. The minimum Gasteiger partial charge on any atom is -0.357 e. The lowest BCUT2D eigenvalue weighted by molar-refractivity contribution is -0.121. The summed E-state index contributed by atoms with van der Waals surface area (Å²) < 4.78 is 0. The number of aromatic nitrogens is 1. The molecule has 3 rings (SSSR count). The highest BCUT2D eigenvalue weighted by Crippen LogP contribution is 2.19. The third-order valence-corrected chi connectivity index (χ3v) is 5.47. The van der Waals surface area contributed by atoms with E-state index in [9.17, 15) is 4.79 Å². The Balaban J connectivity index is 0.00000243. The van der Waals surface area contributed by atoms with Crippen molar-refractivity contribution < 1.29 is 4.79 Å². The Morgan fingerprint density at radius 1 is 1.19 bits per heavy atom. The van der Waals surface area contributed by atoms with Gasteiger partial charge >= 0.3 is 0 Å². The molecule has 1 aromatic heterocycles. The van der Waals surface area contributed by atoms with Crippen LogP contribution in [0.5, 0.6) is 0 Å². The van der Waals surface area contributed by atoms with Crippen molar-refractivity contribution in [3.8, 4) is 0 Å². The van der Waals surface area contributed by atoms with Gasteiger partial charge in [0.25, 0.3) is 0 Å². The fourth-order valence-electron chi connectivity index (χ4n) is 3.84. The molecule has 6 heteroatoms. The summed E-state index contributed by atoms with van der Waals surface area (Å²) >= 11 is 0. The molecular formula is C20H33ClN4O. The topological polar surface area (TPSA) is 57.3 Å². The van der Waals surface area contributed by atoms with Crippen LogP contribution in [-0.2, 0) is 11.3 Å². The second kappa shape index (κ2) is 11.4. The minimum atomic E-state index is 0. The van der Waals surface area contributed by atoms with E-state index in [2.05, 4.69) is 26.6 Å². The molecule has 0 saturated carbocycles. The fourth-order valence-corrected chi connectivity index (χ4v) is 3.84. The summed E-state index contributed by atoms with van der Waals surface area (Å²) in [5.41, 5.74) is 1.14. The molecule has 2 aliphatic rings. The Labute approximate surface area is 163 Å². The number of halogens is 1. The van der Waals surface area contributed by atoms with E-state index in [1.54, 1.807) is 0 Å². The number of hydrogen-bond acceptors (Lipinski definition) is 4. The molecule has 2 saturated heterocycles. The molecule has 0 aliphatic carbocycles. The molecule has 2 aliphatic heterocycles. The van der Waals surface area contributed by atoms with Crippen LogP contribution in [0.4, 0.5) is 5.82 Å². The van der Waals surface area contributed by atoms with E-state index >= 15 is 0 Å². The van der Waals surface area contributed by atoms with E-state index in [1.165, 1.54) is 38.5 Å². The Hall–Kier alpha value is -1.33. The first-order valence-corrected chi connectivity index (χ1v) is 9.98. The largest absolute Gasteiger partial charge is 0.357 e. The molecule has 0 unspecified atom stereocenters. The molecule has 0 bridgehead atoms. The smallest absolute Gasteiger partial charge is 0.220 e. The quantitative estimate of drug-likeness (QED) is 0.795. The Bertz CT molecular complexity index is 540. The second-order valence-corrected chi connectivity index (χ2v) is 7.43. The fraction of sp³-hybridized carbons (Fsp3) is 0.700. The summed E-state index contributed by atoms with van der Waals surface area (Å²) in [5.74, 6) is 1.94. The summed E-state index contributed by atoms with van der Waals surface area (Å²) in [6, 6.07) is 4.15. The van der Waals surface area contributed by atoms with Crippen molar-refractivity contribution in [2.24, 2.45) is 5.92 Å². The van der Waals surface area contributed by atoms with E-state index in [0.29, 0.717) is 18.9 Å². The van der Waals surface area contributed by atoms with Crippen molar-refractivity contribution in [1.29, 1.82) is 0 Å². The summed E-state index contributed by atoms with van der Waals surface area (Å²) in [6.45, 7) is 5.00. The number of amides is 1. The van der Waals surface area contributed by atoms with Gasteiger partial charge in [0.1, 0.15) is 5.82 Å². The van der Waals surface area contributed by atoms with Crippen molar-refractivity contribution >= 4 is 24.1 Å². The van der Waals surface area contributed by atoms with Gasteiger partial charge in [0.2, 0.25) is 5.91 Å². The standard InChI is InChI=1S/C20H32N4O.ClH/c25-20(6-5-17-7-10-21-11-8-17)23-16-18-9-12-22-19(15-18)24-13-3-1-2-4-14-24;/h9,12,15,17,21H,1-8,10-11,13-14,16H2,(H,23,25);1H. The lowest BCUT2D eigenvalue weighted by atomic mass is 9.93. The van der Waals surface area contributed by atoms with E-state index < -0.39 is 0 Å².